The van der Waals surface area contributed by atoms with Gasteiger partial charge in [0.25, 0.3) is 0 Å². The lowest BCUT2D eigenvalue weighted by Gasteiger charge is -2.25. The molecular weight excluding hydrogens is 262 g/mol. The Morgan fingerprint density at radius 1 is 1.19 bits per heavy atom. The molecule has 1 aliphatic rings. The van der Waals surface area contributed by atoms with Crippen LogP contribution in [0.4, 0.5) is 5.69 Å². The van der Waals surface area contributed by atoms with Crippen LogP contribution in [0.1, 0.15) is 16.7 Å². The fourth-order valence-electron chi connectivity index (χ4n) is 2.54. The van der Waals surface area contributed by atoms with Crippen molar-refractivity contribution in [2.45, 2.75) is 19.0 Å². The lowest BCUT2D eigenvalue weighted by atomic mass is 9.95. The van der Waals surface area contributed by atoms with Gasteiger partial charge in [0.2, 0.25) is 5.91 Å². The number of hydrogen-bond donors (Lipinski definition) is 2. The first-order chi connectivity index (χ1) is 10.3. The van der Waals surface area contributed by atoms with Crippen LogP contribution < -0.4 is 10.6 Å². The van der Waals surface area contributed by atoms with Crippen molar-refractivity contribution in [3.63, 3.8) is 0 Å². The second-order valence-electron chi connectivity index (χ2n) is 5.09. The summed E-state index contributed by atoms with van der Waals surface area (Å²) in [4.78, 5) is 12.3. The van der Waals surface area contributed by atoms with Crippen LogP contribution in [0.15, 0.2) is 48.5 Å². The van der Waals surface area contributed by atoms with Crippen LogP contribution in [0.3, 0.4) is 0 Å². The fourth-order valence-corrected chi connectivity index (χ4v) is 2.54. The van der Waals surface area contributed by atoms with E-state index in [0.29, 0.717) is 24.2 Å². The first-order valence-corrected chi connectivity index (χ1v) is 6.87. The molecule has 4 nitrogen and oxygen atoms in total. The first kappa shape index (κ1) is 13.3. The predicted octanol–water partition coefficient (Wildman–Crippen LogP) is 2.21. The Labute approximate surface area is 123 Å². The molecule has 104 valence electrons. The van der Waals surface area contributed by atoms with Crippen molar-refractivity contribution in [1.29, 1.82) is 5.26 Å². The summed E-state index contributed by atoms with van der Waals surface area (Å²) >= 11 is 0. The van der Waals surface area contributed by atoms with Gasteiger partial charge in [0.1, 0.15) is 0 Å². The number of rotatable bonds is 2. The van der Waals surface area contributed by atoms with Crippen LogP contribution in [0.2, 0.25) is 0 Å². The molecule has 3 rings (SSSR count). The maximum Gasteiger partial charge on any atom is 0.241 e. The van der Waals surface area contributed by atoms with E-state index in [2.05, 4.69) is 28.8 Å². The Morgan fingerprint density at radius 3 is 2.81 bits per heavy atom. The lowest BCUT2D eigenvalue weighted by Crippen LogP contribution is -2.44. The van der Waals surface area contributed by atoms with E-state index in [9.17, 15) is 4.79 Å². The monoisotopic (exact) mass is 277 g/mol. The molecule has 0 saturated carbocycles. The van der Waals surface area contributed by atoms with Crippen LogP contribution in [0.5, 0.6) is 0 Å². The van der Waals surface area contributed by atoms with Crippen LogP contribution in [-0.4, -0.2) is 11.9 Å². The van der Waals surface area contributed by atoms with Gasteiger partial charge in [-0.05, 0) is 35.7 Å². The van der Waals surface area contributed by atoms with Crippen molar-refractivity contribution < 1.29 is 4.79 Å². The van der Waals surface area contributed by atoms with E-state index in [-0.39, 0.29) is 11.9 Å². The van der Waals surface area contributed by atoms with Crippen LogP contribution >= 0.6 is 0 Å². The number of carbonyl (C=O) groups excluding carboxylic acids is 1. The van der Waals surface area contributed by atoms with Crippen molar-refractivity contribution in [2.24, 2.45) is 0 Å². The average molecular weight is 277 g/mol. The van der Waals surface area contributed by atoms with Gasteiger partial charge in [-0.15, -0.1) is 0 Å². The van der Waals surface area contributed by atoms with E-state index < -0.39 is 0 Å². The largest absolute Gasteiger partial charge is 0.325 e. The highest BCUT2D eigenvalue weighted by atomic mass is 16.2. The Kier molecular flexibility index (Phi) is 3.67. The maximum atomic E-state index is 12.3. The van der Waals surface area contributed by atoms with E-state index in [1.54, 1.807) is 24.3 Å². The number of hydrogen-bond acceptors (Lipinski definition) is 3. The minimum atomic E-state index is -0.245. The standard InChI is InChI=1S/C17H15N3O/c18-10-12-4-3-7-15(8-12)20-17(21)16-9-13-5-1-2-6-14(13)11-19-16/h1-8,16,19H,9,11H2,(H,20,21)/t16-/m0/s1. The van der Waals surface area contributed by atoms with Gasteiger partial charge in [-0.1, -0.05) is 30.3 Å². The third-order valence-electron chi connectivity index (χ3n) is 3.66. The third kappa shape index (κ3) is 2.93. The zero-order valence-corrected chi connectivity index (χ0v) is 11.5. The van der Waals surface area contributed by atoms with Crippen molar-refractivity contribution in [3.05, 3.63) is 65.2 Å². The number of carbonyl (C=O) groups is 1. The summed E-state index contributed by atoms with van der Waals surface area (Å²) < 4.78 is 0. The smallest absolute Gasteiger partial charge is 0.241 e. The molecule has 0 aliphatic carbocycles. The normalized spacial score (nSPS) is 16.6. The summed E-state index contributed by atoms with van der Waals surface area (Å²) in [5.41, 5.74) is 3.64. The van der Waals surface area contributed by atoms with E-state index in [1.807, 2.05) is 12.1 Å². The molecule has 4 heteroatoms. The molecule has 2 N–H and O–H groups in total. The van der Waals surface area contributed by atoms with Gasteiger partial charge >= 0.3 is 0 Å². The number of benzene rings is 2. The Hall–Kier alpha value is -2.64. The van der Waals surface area contributed by atoms with Crippen molar-refractivity contribution >= 4 is 11.6 Å². The highest BCUT2D eigenvalue weighted by molar-refractivity contribution is 5.95. The summed E-state index contributed by atoms with van der Waals surface area (Å²) in [5.74, 6) is -0.0698. The predicted molar refractivity (Wildman–Crippen MR) is 80.6 cm³/mol. The Bertz CT molecular complexity index is 718. The molecule has 2 aromatic carbocycles. The zero-order valence-electron chi connectivity index (χ0n) is 11.5. The molecule has 0 radical (unpaired) electrons. The summed E-state index contributed by atoms with van der Waals surface area (Å²) in [6.07, 6.45) is 0.681. The number of fused-ring (bicyclic) bond motifs is 1. The molecule has 0 aromatic heterocycles. The lowest BCUT2D eigenvalue weighted by molar-refractivity contribution is -0.118. The minimum Gasteiger partial charge on any atom is -0.325 e. The van der Waals surface area contributed by atoms with Crippen molar-refractivity contribution in [1.82, 2.24) is 5.32 Å². The number of nitriles is 1. The van der Waals surface area contributed by atoms with E-state index >= 15 is 0 Å². The van der Waals surface area contributed by atoms with Crippen LogP contribution in [0, 0.1) is 11.3 Å². The molecule has 2 aromatic rings. The van der Waals surface area contributed by atoms with Crippen molar-refractivity contribution in [3.8, 4) is 6.07 Å². The van der Waals surface area contributed by atoms with Gasteiger partial charge in [0, 0.05) is 12.2 Å². The van der Waals surface area contributed by atoms with E-state index in [1.165, 1.54) is 11.1 Å². The molecular formula is C17H15N3O. The zero-order chi connectivity index (χ0) is 14.7. The van der Waals surface area contributed by atoms with Crippen LogP contribution in [-0.2, 0) is 17.8 Å². The van der Waals surface area contributed by atoms with E-state index in [4.69, 9.17) is 5.26 Å². The number of nitrogens with one attached hydrogen (secondary N) is 2. The second kappa shape index (κ2) is 5.78. The highest BCUT2D eigenvalue weighted by Gasteiger charge is 2.23. The van der Waals surface area contributed by atoms with Gasteiger partial charge in [-0.3, -0.25) is 4.79 Å². The quantitative estimate of drug-likeness (QED) is 0.884. The Morgan fingerprint density at radius 2 is 2.00 bits per heavy atom. The summed E-state index contributed by atoms with van der Waals surface area (Å²) in [5, 5.41) is 15.0. The molecule has 0 spiro atoms. The molecule has 1 amide bonds. The molecule has 0 fully saturated rings. The van der Waals surface area contributed by atoms with Crippen LogP contribution in [0.25, 0.3) is 0 Å². The van der Waals surface area contributed by atoms with Gasteiger partial charge < -0.3 is 10.6 Å². The minimum absolute atomic E-state index is 0.0698. The molecule has 21 heavy (non-hydrogen) atoms. The molecule has 0 unspecified atom stereocenters. The van der Waals surface area contributed by atoms with Crippen molar-refractivity contribution in [2.75, 3.05) is 5.32 Å². The van der Waals surface area contributed by atoms with Gasteiger partial charge in [-0.2, -0.15) is 5.26 Å². The summed E-state index contributed by atoms with van der Waals surface area (Å²) in [6, 6.07) is 16.9. The highest BCUT2D eigenvalue weighted by Crippen LogP contribution is 2.17. The van der Waals surface area contributed by atoms with Gasteiger partial charge in [-0.25, -0.2) is 0 Å². The molecule has 0 saturated heterocycles. The average Bonchev–Trinajstić information content (AvgIpc) is 2.54. The number of amides is 1. The fraction of sp³-hybridized carbons (Fsp3) is 0.176. The maximum absolute atomic E-state index is 12.3. The van der Waals surface area contributed by atoms with E-state index in [0.717, 1.165) is 0 Å². The summed E-state index contributed by atoms with van der Waals surface area (Å²) in [6.45, 7) is 0.701. The second-order valence-corrected chi connectivity index (χ2v) is 5.09. The molecule has 1 atom stereocenters. The number of nitrogens with zero attached hydrogens (tertiary/aromatic N) is 1. The first-order valence-electron chi connectivity index (χ1n) is 6.87. The van der Waals surface area contributed by atoms with Gasteiger partial charge in [0.15, 0.2) is 0 Å². The molecule has 1 heterocycles. The number of anilines is 1. The molecule has 0 bridgehead atoms. The Balaban J connectivity index is 1.71. The third-order valence-corrected chi connectivity index (χ3v) is 3.66. The molecule has 1 aliphatic heterocycles. The summed E-state index contributed by atoms with van der Waals surface area (Å²) in [7, 11) is 0. The topological polar surface area (TPSA) is 64.9 Å². The SMILES string of the molecule is N#Cc1cccc(NC(=O)[C@@H]2Cc3ccccc3CN2)c1. The van der Waals surface area contributed by atoms with Gasteiger partial charge in [0.05, 0.1) is 17.7 Å².